The van der Waals surface area contributed by atoms with Crippen molar-refractivity contribution in [2.75, 3.05) is 11.9 Å². The third kappa shape index (κ3) is 16.6. The normalized spacial score (nSPS) is 12.3. The predicted molar refractivity (Wildman–Crippen MR) is 104 cm³/mol. The highest BCUT2D eigenvalue weighted by atomic mass is 79.9. The molecule has 0 aromatic rings. The first-order valence-corrected chi connectivity index (χ1v) is 11.1. The molecule has 1 unspecified atom stereocenters. The van der Waals surface area contributed by atoms with Crippen LogP contribution >= 0.6 is 15.9 Å². The van der Waals surface area contributed by atoms with Crippen LogP contribution in [0.2, 0.25) is 0 Å². The first kappa shape index (κ1) is 22.9. The van der Waals surface area contributed by atoms with Crippen LogP contribution in [0.5, 0.6) is 0 Å². The molecule has 0 radical (unpaired) electrons. The molecule has 0 saturated carbocycles. The molecule has 0 spiro atoms. The molecule has 0 rings (SSSR count). The number of rotatable bonds is 17. The van der Waals surface area contributed by atoms with Gasteiger partial charge in [-0.25, -0.2) is 0 Å². The summed E-state index contributed by atoms with van der Waals surface area (Å²) < 4.78 is 5.47. The molecule has 0 fully saturated rings. The number of halogens is 1. The monoisotopic (exact) mass is 390 g/mol. The number of esters is 1. The van der Waals surface area contributed by atoms with E-state index in [0.29, 0.717) is 18.9 Å². The van der Waals surface area contributed by atoms with Gasteiger partial charge in [0.05, 0.1) is 6.61 Å². The third-order valence-corrected chi connectivity index (χ3v) is 5.10. The van der Waals surface area contributed by atoms with E-state index in [1.54, 1.807) is 0 Å². The topological polar surface area (TPSA) is 26.3 Å². The van der Waals surface area contributed by atoms with Crippen LogP contribution < -0.4 is 0 Å². The van der Waals surface area contributed by atoms with Crippen molar-refractivity contribution in [1.82, 2.24) is 0 Å². The molecule has 0 amide bonds. The summed E-state index contributed by atoms with van der Waals surface area (Å²) in [6.45, 7) is 5.07. The number of unbranched alkanes of at least 4 members (excludes halogenated alkanes) is 9. The van der Waals surface area contributed by atoms with Gasteiger partial charge in [-0.2, -0.15) is 0 Å². The highest BCUT2D eigenvalue weighted by Crippen LogP contribution is 2.15. The van der Waals surface area contributed by atoms with Gasteiger partial charge in [-0.3, -0.25) is 4.79 Å². The summed E-state index contributed by atoms with van der Waals surface area (Å²) in [5, 5.41) is 1.12. The number of carbonyl (C=O) groups excluding carboxylic acids is 1. The second-order valence-electron chi connectivity index (χ2n) is 6.72. The molecule has 23 heavy (non-hydrogen) atoms. The molecule has 2 nitrogen and oxygen atoms in total. The Labute approximate surface area is 153 Å². The Bertz CT molecular complexity index is 256. The first-order valence-electron chi connectivity index (χ1n) is 9.96. The predicted octanol–water partition coefficient (Wildman–Crippen LogP) is 7.04. The Kier molecular flexibility index (Phi) is 18.3. The van der Waals surface area contributed by atoms with Gasteiger partial charge in [-0.05, 0) is 25.2 Å². The molecule has 138 valence electrons. The Hall–Kier alpha value is -0.0500. The van der Waals surface area contributed by atoms with Crippen molar-refractivity contribution in [2.24, 2.45) is 5.92 Å². The molecule has 3 heteroatoms. The molecule has 0 heterocycles. The van der Waals surface area contributed by atoms with Gasteiger partial charge in [0.2, 0.25) is 0 Å². The van der Waals surface area contributed by atoms with Crippen molar-refractivity contribution in [1.29, 1.82) is 0 Å². The second-order valence-corrected chi connectivity index (χ2v) is 7.51. The van der Waals surface area contributed by atoms with Gasteiger partial charge >= 0.3 is 5.97 Å². The van der Waals surface area contributed by atoms with Crippen molar-refractivity contribution in [3.8, 4) is 0 Å². The van der Waals surface area contributed by atoms with E-state index in [4.69, 9.17) is 4.74 Å². The summed E-state index contributed by atoms with van der Waals surface area (Å²) in [5.74, 6) is 0.571. The smallest absolute Gasteiger partial charge is 0.305 e. The average Bonchev–Trinajstić information content (AvgIpc) is 2.56. The zero-order chi connectivity index (χ0) is 17.2. The minimum atomic E-state index is 0.0105. The molecule has 0 aliphatic carbocycles. The van der Waals surface area contributed by atoms with E-state index >= 15 is 0 Å². The van der Waals surface area contributed by atoms with Gasteiger partial charge in [-0.1, -0.05) is 94.0 Å². The average molecular weight is 391 g/mol. The Morgan fingerprint density at radius 2 is 1.48 bits per heavy atom. The minimum absolute atomic E-state index is 0.0105. The van der Waals surface area contributed by atoms with E-state index in [1.807, 2.05) is 0 Å². The molecule has 0 aliphatic rings. The Balaban J connectivity index is 3.46. The zero-order valence-corrected chi connectivity index (χ0v) is 17.2. The molecular weight excluding hydrogens is 352 g/mol. The van der Waals surface area contributed by atoms with Crippen molar-refractivity contribution >= 4 is 21.9 Å². The first-order chi connectivity index (χ1) is 11.2. The van der Waals surface area contributed by atoms with E-state index < -0.39 is 0 Å². The molecule has 0 N–H and O–H groups in total. The lowest BCUT2D eigenvalue weighted by atomic mass is 9.99. The largest absolute Gasteiger partial charge is 0.465 e. The highest BCUT2D eigenvalue weighted by molar-refractivity contribution is 9.09. The van der Waals surface area contributed by atoms with E-state index in [0.717, 1.165) is 24.6 Å². The van der Waals surface area contributed by atoms with Crippen LogP contribution in [0, 0.1) is 5.92 Å². The Morgan fingerprint density at radius 1 is 0.870 bits per heavy atom. The van der Waals surface area contributed by atoms with Gasteiger partial charge in [0.25, 0.3) is 0 Å². The minimum Gasteiger partial charge on any atom is -0.465 e. The third-order valence-electron chi connectivity index (χ3n) is 4.54. The number of alkyl halides is 1. The molecular formula is C20H39BrO2. The van der Waals surface area contributed by atoms with Crippen molar-refractivity contribution in [3.63, 3.8) is 0 Å². The van der Waals surface area contributed by atoms with E-state index in [9.17, 15) is 4.79 Å². The standard InChI is InChI=1S/C20H39BrO2/c1-3-5-6-12-15-19(4-2)18-23-20(22)16-13-10-8-7-9-11-14-17-21/h19H,3-18H2,1-2H3. The van der Waals surface area contributed by atoms with Crippen LogP contribution in [-0.4, -0.2) is 17.9 Å². The SMILES string of the molecule is CCCCCCC(CC)COC(=O)CCCCCCCCCBr. The fraction of sp³-hybridized carbons (Fsp3) is 0.950. The van der Waals surface area contributed by atoms with E-state index in [2.05, 4.69) is 29.8 Å². The lowest BCUT2D eigenvalue weighted by Crippen LogP contribution is -2.13. The van der Waals surface area contributed by atoms with Crippen LogP contribution in [0.25, 0.3) is 0 Å². The number of carbonyl (C=O) groups is 1. The quantitative estimate of drug-likeness (QED) is 0.151. The fourth-order valence-corrected chi connectivity index (χ4v) is 3.19. The highest BCUT2D eigenvalue weighted by Gasteiger charge is 2.10. The maximum Gasteiger partial charge on any atom is 0.305 e. The van der Waals surface area contributed by atoms with Crippen molar-refractivity contribution < 1.29 is 9.53 Å². The van der Waals surface area contributed by atoms with Gasteiger partial charge in [-0.15, -0.1) is 0 Å². The number of hydrogen-bond acceptors (Lipinski definition) is 2. The molecule has 0 saturated heterocycles. The van der Waals surface area contributed by atoms with Gasteiger partial charge in [0.15, 0.2) is 0 Å². The van der Waals surface area contributed by atoms with E-state index in [1.165, 1.54) is 64.2 Å². The van der Waals surface area contributed by atoms with Crippen LogP contribution in [0.3, 0.4) is 0 Å². The summed E-state index contributed by atoms with van der Waals surface area (Å²) in [4.78, 5) is 11.8. The summed E-state index contributed by atoms with van der Waals surface area (Å²) in [7, 11) is 0. The maximum atomic E-state index is 11.8. The molecule has 0 bridgehead atoms. The van der Waals surface area contributed by atoms with Crippen molar-refractivity contribution in [3.05, 3.63) is 0 Å². The van der Waals surface area contributed by atoms with Crippen LogP contribution in [0.15, 0.2) is 0 Å². The van der Waals surface area contributed by atoms with E-state index in [-0.39, 0.29) is 5.97 Å². The number of ether oxygens (including phenoxy) is 1. The summed E-state index contributed by atoms with van der Waals surface area (Å²) in [5.41, 5.74) is 0. The second kappa shape index (κ2) is 18.3. The fourth-order valence-electron chi connectivity index (χ4n) is 2.80. The molecule has 0 aromatic heterocycles. The van der Waals surface area contributed by atoms with Gasteiger partial charge in [0.1, 0.15) is 0 Å². The summed E-state index contributed by atoms with van der Waals surface area (Å²) in [6, 6.07) is 0. The zero-order valence-electron chi connectivity index (χ0n) is 15.6. The lowest BCUT2D eigenvalue weighted by Gasteiger charge is -2.15. The lowest BCUT2D eigenvalue weighted by molar-refractivity contribution is -0.145. The van der Waals surface area contributed by atoms with Crippen LogP contribution in [0.4, 0.5) is 0 Å². The van der Waals surface area contributed by atoms with Crippen LogP contribution in [0.1, 0.15) is 104 Å². The maximum absolute atomic E-state index is 11.8. The van der Waals surface area contributed by atoms with Gasteiger partial charge in [0, 0.05) is 11.8 Å². The summed E-state index contributed by atoms with van der Waals surface area (Å²) >= 11 is 3.46. The van der Waals surface area contributed by atoms with Gasteiger partial charge < -0.3 is 4.74 Å². The summed E-state index contributed by atoms with van der Waals surface area (Å²) in [6.07, 6.45) is 16.8. The molecule has 1 atom stereocenters. The molecule has 0 aromatic carbocycles. The Morgan fingerprint density at radius 3 is 2.09 bits per heavy atom. The van der Waals surface area contributed by atoms with Crippen LogP contribution in [-0.2, 0) is 9.53 Å². The van der Waals surface area contributed by atoms with Crippen molar-refractivity contribution in [2.45, 2.75) is 104 Å². The number of hydrogen-bond donors (Lipinski definition) is 0. The molecule has 0 aliphatic heterocycles.